The Kier molecular flexibility index (Phi) is 7.46. The third-order valence-corrected chi connectivity index (χ3v) is 6.04. The number of hydrogen-bond donors (Lipinski definition) is 1. The largest absolute Gasteiger partial charge is 0.493 e. The van der Waals surface area contributed by atoms with Gasteiger partial charge in [0.2, 0.25) is 0 Å². The zero-order valence-electron chi connectivity index (χ0n) is 19.4. The molecule has 1 fully saturated rings. The number of rotatable bonds is 7. The van der Waals surface area contributed by atoms with Gasteiger partial charge in [-0.15, -0.1) is 0 Å². The molecule has 1 heterocycles. The van der Waals surface area contributed by atoms with Gasteiger partial charge in [0, 0.05) is 19.6 Å². The summed E-state index contributed by atoms with van der Waals surface area (Å²) in [5.74, 6) is 1.55. The molecular formula is C28H34N2O2. The Morgan fingerprint density at radius 1 is 0.844 bits per heavy atom. The minimum absolute atomic E-state index is 0.186. The van der Waals surface area contributed by atoms with Gasteiger partial charge in [0.1, 0.15) is 6.61 Å². The van der Waals surface area contributed by atoms with Crippen molar-refractivity contribution in [1.29, 1.82) is 0 Å². The van der Waals surface area contributed by atoms with Gasteiger partial charge in [0.15, 0.2) is 11.5 Å². The highest BCUT2D eigenvalue weighted by atomic mass is 16.5. The summed E-state index contributed by atoms with van der Waals surface area (Å²) >= 11 is 0. The SMILES string of the molecule is COc1cc(C(c2cc(C)cc(C)c2)N2CCCNCC2)ccc1OCc1ccccc1. The lowest BCUT2D eigenvalue weighted by molar-refractivity contribution is 0.239. The molecule has 4 rings (SSSR count). The van der Waals surface area contributed by atoms with Gasteiger partial charge in [-0.2, -0.15) is 0 Å². The van der Waals surface area contributed by atoms with Crippen molar-refractivity contribution in [3.8, 4) is 11.5 Å². The third-order valence-electron chi connectivity index (χ3n) is 6.04. The van der Waals surface area contributed by atoms with Gasteiger partial charge in [-0.05, 0) is 55.6 Å². The van der Waals surface area contributed by atoms with Crippen LogP contribution >= 0.6 is 0 Å². The molecule has 4 heteroatoms. The predicted octanol–water partition coefficient (Wildman–Crippen LogP) is 5.28. The topological polar surface area (TPSA) is 33.7 Å². The van der Waals surface area contributed by atoms with E-state index < -0.39 is 0 Å². The monoisotopic (exact) mass is 430 g/mol. The van der Waals surface area contributed by atoms with Gasteiger partial charge in [0.25, 0.3) is 0 Å². The van der Waals surface area contributed by atoms with Gasteiger partial charge in [-0.3, -0.25) is 4.90 Å². The maximum Gasteiger partial charge on any atom is 0.161 e. The van der Waals surface area contributed by atoms with E-state index in [0.29, 0.717) is 6.61 Å². The van der Waals surface area contributed by atoms with E-state index in [1.807, 2.05) is 18.2 Å². The second-order valence-electron chi connectivity index (χ2n) is 8.65. The summed E-state index contributed by atoms with van der Waals surface area (Å²) < 4.78 is 11.9. The first-order valence-corrected chi connectivity index (χ1v) is 11.5. The molecule has 3 aromatic rings. The van der Waals surface area contributed by atoms with Crippen molar-refractivity contribution in [3.05, 3.63) is 94.5 Å². The fourth-order valence-electron chi connectivity index (χ4n) is 4.62. The fourth-order valence-corrected chi connectivity index (χ4v) is 4.62. The van der Waals surface area contributed by atoms with Gasteiger partial charge in [-0.1, -0.05) is 65.7 Å². The molecule has 1 atom stereocenters. The van der Waals surface area contributed by atoms with Crippen LogP contribution in [0.25, 0.3) is 0 Å². The molecule has 0 bridgehead atoms. The summed E-state index contributed by atoms with van der Waals surface area (Å²) in [5.41, 5.74) is 6.31. The molecule has 0 radical (unpaired) electrons. The van der Waals surface area contributed by atoms with Gasteiger partial charge >= 0.3 is 0 Å². The van der Waals surface area contributed by atoms with Crippen LogP contribution in [0.3, 0.4) is 0 Å². The average molecular weight is 431 g/mol. The second kappa shape index (κ2) is 10.7. The van der Waals surface area contributed by atoms with Crippen LogP contribution in [0.15, 0.2) is 66.7 Å². The number of hydrogen-bond acceptors (Lipinski definition) is 4. The van der Waals surface area contributed by atoms with E-state index in [1.165, 1.54) is 22.3 Å². The summed E-state index contributed by atoms with van der Waals surface area (Å²) in [7, 11) is 1.72. The van der Waals surface area contributed by atoms with Crippen molar-refractivity contribution in [2.24, 2.45) is 0 Å². The standard InChI is InChI=1S/C28H34N2O2/c1-21-16-22(2)18-25(17-21)28(30-14-7-12-29-13-15-30)24-10-11-26(27(19-24)31-3)32-20-23-8-5-4-6-9-23/h4-6,8-11,16-19,28-29H,7,12-15,20H2,1-3H3. The molecule has 1 unspecified atom stereocenters. The molecule has 0 spiro atoms. The zero-order valence-corrected chi connectivity index (χ0v) is 19.4. The van der Waals surface area contributed by atoms with Gasteiger partial charge in [-0.25, -0.2) is 0 Å². The molecule has 0 aromatic heterocycles. The summed E-state index contributed by atoms with van der Waals surface area (Å²) in [4.78, 5) is 2.59. The van der Waals surface area contributed by atoms with E-state index in [2.05, 4.69) is 72.6 Å². The number of nitrogens with zero attached hydrogens (tertiary/aromatic N) is 1. The summed E-state index contributed by atoms with van der Waals surface area (Å²) in [6.45, 7) is 9.06. The summed E-state index contributed by atoms with van der Waals surface area (Å²) in [6.07, 6.45) is 1.15. The molecule has 0 amide bonds. The number of nitrogens with one attached hydrogen (secondary N) is 1. The van der Waals surface area contributed by atoms with Crippen molar-refractivity contribution in [2.45, 2.75) is 32.9 Å². The highest BCUT2D eigenvalue weighted by Gasteiger charge is 2.25. The van der Waals surface area contributed by atoms with Crippen LogP contribution in [-0.2, 0) is 6.61 Å². The van der Waals surface area contributed by atoms with Crippen molar-refractivity contribution in [3.63, 3.8) is 0 Å². The average Bonchev–Trinajstić information content (AvgIpc) is 3.08. The van der Waals surface area contributed by atoms with E-state index in [1.54, 1.807) is 7.11 Å². The lowest BCUT2D eigenvalue weighted by Crippen LogP contribution is -2.33. The van der Waals surface area contributed by atoms with Gasteiger partial charge < -0.3 is 14.8 Å². The van der Waals surface area contributed by atoms with Crippen molar-refractivity contribution < 1.29 is 9.47 Å². The first kappa shape index (κ1) is 22.4. The number of aryl methyl sites for hydroxylation is 2. The molecule has 168 valence electrons. The quantitative estimate of drug-likeness (QED) is 0.553. The Hall–Kier alpha value is -2.82. The molecule has 1 aliphatic rings. The Bertz CT molecular complexity index is 991. The van der Waals surface area contributed by atoms with Crippen LogP contribution in [0.5, 0.6) is 11.5 Å². The molecule has 1 N–H and O–H groups in total. The predicted molar refractivity (Wildman–Crippen MR) is 131 cm³/mol. The van der Waals surface area contributed by atoms with Crippen molar-refractivity contribution in [2.75, 3.05) is 33.3 Å². The Labute approximate surface area is 192 Å². The Morgan fingerprint density at radius 2 is 1.62 bits per heavy atom. The Balaban J connectivity index is 1.66. The summed E-state index contributed by atoms with van der Waals surface area (Å²) in [5, 5.41) is 3.54. The first-order valence-electron chi connectivity index (χ1n) is 11.5. The van der Waals surface area contributed by atoms with E-state index in [4.69, 9.17) is 9.47 Å². The van der Waals surface area contributed by atoms with Gasteiger partial charge in [0.05, 0.1) is 13.2 Å². The molecule has 32 heavy (non-hydrogen) atoms. The van der Waals surface area contributed by atoms with E-state index in [0.717, 1.165) is 49.7 Å². The van der Waals surface area contributed by atoms with E-state index in [-0.39, 0.29) is 6.04 Å². The number of ether oxygens (including phenoxy) is 2. The lowest BCUT2D eigenvalue weighted by atomic mass is 9.93. The highest BCUT2D eigenvalue weighted by Crippen LogP contribution is 2.36. The minimum atomic E-state index is 0.186. The molecule has 1 aliphatic heterocycles. The van der Waals surface area contributed by atoms with E-state index in [9.17, 15) is 0 Å². The number of methoxy groups -OCH3 is 1. The van der Waals surface area contributed by atoms with Crippen LogP contribution in [0.4, 0.5) is 0 Å². The molecule has 0 aliphatic carbocycles. The second-order valence-corrected chi connectivity index (χ2v) is 8.65. The molecule has 4 nitrogen and oxygen atoms in total. The maximum atomic E-state index is 6.11. The summed E-state index contributed by atoms with van der Waals surface area (Å²) in [6, 6.07) is 23.7. The third kappa shape index (κ3) is 5.50. The fraction of sp³-hybridized carbons (Fsp3) is 0.357. The molecular weight excluding hydrogens is 396 g/mol. The van der Waals surface area contributed by atoms with Crippen LogP contribution in [0.1, 0.15) is 40.3 Å². The molecule has 3 aromatic carbocycles. The first-order chi connectivity index (χ1) is 15.6. The van der Waals surface area contributed by atoms with E-state index >= 15 is 0 Å². The van der Waals surface area contributed by atoms with Crippen LogP contribution in [0, 0.1) is 13.8 Å². The minimum Gasteiger partial charge on any atom is -0.493 e. The van der Waals surface area contributed by atoms with Crippen molar-refractivity contribution in [1.82, 2.24) is 10.2 Å². The van der Waals surface area contributed by atoms with Crippen LogP contribution in [0.2, 0.25) is 0 Å². The molecule has 1 saturated heterocycles. The highest BCUT2D eigenvalue weighted by molar-refractivity contribution is 5.47. The normalized spacial score (nSPS) is 15.7. The lowest BCUT2D eigenvalue weighted by Gasteiger charge is -2.32. The van der Waals surface area contributed by atoms with Crippen LogP contribution in [-0.4, -0.2) is 38.2 Å². The smallest absolute Gasteiger partial charge is 0.161 e. The Morgan fingerprint density at radius 3 is 2.38 bits per heavy atom. The van der Waals surface area contributed by atoms with Crippen LogP contribution < -0.4 is 14.8 Å². The maximum absolute atomic E-state index is 6.11. The number of benzene rings is 3. The van der Waals surface area contributed by atoms with Crippen molar-refractivity contribution >= 4 is 0 Å². The zero-order chi connectivity index (χ0) is 22.3. The molecule has 0 saturated carbocycles.